The Kier molecular flexibility index (Phi) is 1.44. The van der Waals surface area contributed by atoms with Crippen molar-refractivity contribution in [3.05, 3.63) is 22.4 Å². The van der Waals surface area contributed by atoms with Gasteiger partial charge in [0.15, 0.2) is 0 Å². The maximum Gasteiger partial charge on any atom is 0.240 e. The highest BCUT2D eigenvalue weighted by Crippen LogP contribution is 2.26. The molecule has 2 unspecified atom stereocenters. The number of thiophene rings is 1. The minimum Gasteiger partial charge on any atom is -0.345 e. The highest BCUT2D eigenvalue weighted by Gasteiger charge is 2.37. The number of β-lactam (4-membered cyclic amide) rings is 1. The smallest absolute Gasteiger partial charge is 0.240 e. The number of rotatable bonds is 1. The summed E-state index contributed by atoms with van der Waals surface area (Å²) < 4.78 is 0. The van der Waals surface area contributed by atoms with Crippen LogP contribution in [0, 0.1) is 0 Å². The quantitative estimate of drug-likeness (QED) is 0.590. The SMILES string of the molecule is NC1C(=O)NC1c1cccs1. The summed E-state index contributed by atoms with van der Waals surface area (Å²) in [5.41, 5.74) is 5.55. The lowest BCUT2D eigenvalue weighted by molar-refractivity contribution is -0.130. The number of carbonyl (C=O) groups excluding carboxylic acids is 1. The first-order valence-electron chi connectivity index (χ1n) is 3.38. The fourth-order valence-electron chi connectivity index (χ4n) is 1.11. The van der Waals surface area contributed by atoms with Gasteiger partial charge < -0.3 is 11.1 Å². The molecular weight excluding hydrogens is 160 g/mol. The summed E-state index contributed by atoms with van der Waals surface area (Å²) in [4.78, 5) is 11.8. The molecule has 2 heterocycles. The second-order valence-corrected chi connectivity index (χ2v) is 3.51. The molecule has 3 nitrogen and oxygen atoms in total. The van der Waals surface area contributed by atoms with Crippen molar-refractivity contribution in [3.63, 3.8) is 0 Å². The summed E-state index contributed by atoms with van der Waals surface area (Å²) in [6.07, 6.45) is 0. The Morgan fingerprint density at radius 1 is 1.64 bits per heavy atom. The van der Waals surface area contributed by atoms with E-state index in [1.165, 1.54) is 0 Å². The van der Waals surface area contributed by atoms with Crippen molar-refractivity contribution < 1.29 is 4.79 Å². The van der Waals surface area contributed by atoms with E-state index in [0.29, 0.717) is 0 Å². The first-order valence-corrected chi connectivity index (χ1v) is 4.26. The Labute approximate surface area is 68.2 Å². The molecule has 2 atom stereocenters. The predicted octanol–water partition coefficient (Wildman–Crippen LogP) is 0.246. The van der Waals surface area contributed by atoms with E-state index in [1.54, 1.807) is 11.3 Å². The lowest BCUT2D eigenvalue weighted by atomic mass is 9.99. The monoisotopic (exact) mass is 168 g/mol. The van der Waals surface area contributed by atoms with Crippen LogP contribution < -0.4 is 11.1 Å². The maximum atomic E-state index is 10.7. The molecule has 1 aromatic heterocycles. The standard InChI is InChI=1S/C7H8N2OS/c8-5-6(9-7(5)10)4-2-1-3-11-4/h1-3,5-6H,8H2,(H,9,10). The minimum absolute atomic E-state index is 0.0524. The molecule has 1 aliphatic heterocycles. The fraction of sp³-hybridized carbons (Fsp3) is 0.286. The zero-order valence-corrected chi connectivity index (χ0v) is 6.60. The lowest BCUT2D eigenvalue weighted by Crippen LogP contribution is -2.60. The van der Waals surface area contributed by atoms with Gasteiger partial charge in [-0.1, -0.05) is 6.07 Å². The van der Waals surface area contributed by atoms with E-state index in [9.17, 15) is 4.79 Å². The molecule has 0 aromatic carbocycles. The average Bonchev–Trinajstić information content (AvgIpc) is 2.51. The molecule has 11 heavy (non-hydrogen) atoms. The molecule has 0 spiro atoms. The van der Waals surface area contributed by atoms with Crippen molar-refractivity contribution in [2.75, 3.05) is 0 Å². The molecule has 1 saturated heterocycles. The van der Waals surface area contributed by atoms with Gasteiger partial charge in [0, 0.05) is 4.88 Å². The van der Waals surface area contributed by atoms with Gasteiger partial charge in [0.05, 0.1) is 6.04 Å². The summed E-state index contributed by atoms with van der Waals surface area (Å²) in [6.45, 7) is 0. The largest absolute Gasteiger partial charge is 0.345 e. The second kappa shape index (κ2) is 2.32. The molecule has 1 aliphatic rings. The Morgan fingerprint density at radius 3 is 2.91 bits per heavy atom. The van der Waals surface area contributed by atoms with Crippen LogP contribution in [0.5, 0.6) is 0 Å². The second-order valence-electron chi connectivity index (χ2n) is 2.53. The number of amides is 1. The number of nitrogens with one attached hydrogen (secondary N) is 1. The van der Waals surface area contributed by atoms with Crippen LogP contribution >= 0.6 is 11.3 Å². The van der Waals surface area contributed by atoms with Crippen molar-refractivity contribution in [1.82, 2.24) is 5.32 Å². The van der Waals surface area contributed by atoms with Gasteiger partial charge in [-0.15, -0.1) is 11.3 Å². The third kappa shape index (κ3) is 0.948. The van der Waals surface area contributed by atoms with Crippen molar-refractivity contribution >= 4 is 17.2 Å². The van der Waals surface area contributed by atoms with Crippen LogP contribution in [-0.2, 0) is 4.79 Å². The van der Waals surface area contributed by atoms with E-state index >= 15 is 0 Å². The first-order chi connectivity index (χ1) is 5.29. The van der Waals surface area contributed by atoms with Gasteiger partial charge in [0.1, 0.15) is 6.04 Å². The summed E-state index contributed by atoms with van der Waals surface area (Å²) in [7, 11) is 0. The number of hydrogen-bond acceptors (Lipinski definition) is 3. The molecule has 0 radical (unpaired) electrons. The van der Waals surface area contributed by atoms with E-state index in [1.807, 2.05) is 17.5 Å². The Hall–Kier alpha value is -0.870. The molecular formula is C7H8N2OS. The fourth-order valence-corrected chi connectivity index (χ4v) is 1.93. The number of carbonyl (C=O) groups is 1. The van der Waals surface area contributed by atoms with Crippen LogP contribution in [-0.4, -0.2) is 11.9 Å². The van der Waals surface area contributed by atoms with Crippen LogP contribution in [0.2, 0.25) is 0 Å². The molecule has 1 aromatic rings. The van der Waals surface area contributed by atoms with Gasteiger partial charge >= 0.3 is 0 Å². The number of nitrogens with two attached hydrogens (primary N) is 1. The van der Waals surface area contributed by atoms with Gasteiger partial charge in [-0.05, 0) is 11.4 Å². The van der Waals surface area contributed by atoms with Crippen molar-refractivity contribution in [2.45, 2.75) is 12.1 Å². The van der Waals surface area contributed by atoms with Gasteiger partial charge in [-0.25, -0.2) is 0 Å². The predicted molar refractivity (Wildman–Crippen MR) is 43.2 cm³/mol. The topological polar surface area (TPSA) is 55.1 Å². The van der Waals surface area contributed by atoms with E-state index in [0.717, 1.165) is 4.88 Å². The van der Waals surface area contributed by atoms with Crippen LogP contribution in [0.3, 0.4) is 0 Å². The highest BCUT2D eigenvalue weighted by atomic mass is 32.1. The van der Waals surface area contributed by atoms with Gasteiger partial charge in [0.25, 0.3) is 0 Å². The van der Waals surface area contributed by atoms with Crippen LogP contribution in [0.15, 0.2) is 17.5 Å². The highest BCUT2D eigenvalue weighted by molar-refractivity contribution is 7.10. The number of hydrogen-bond donors (Lipinski definition) is 2. The van der Waals surface area contributed by atoms with Crippen LogP contribution in [0.1, 0.15) is 10.9 Å². The van der Waals surface area contributed by atoms with Crippen molar-refractivity contribution in [2.24, 2.45) is 5.73 Å². The van der Waals surface area contributed by atoms with Crippen molar-refractivity contribution in [3.8, 4) is 0 Å². The van der Waals surface area contributed by atoms with E-state index in [2.05, 4.69) is 5.32 Å². The maximum absolute atomic E-state index is 10.7. The molecule has 0 bridgehead atoms. The molecule has 0 aliphatic carbocycles. The van der Waals surface area contributed by atoms with Gasteiger partial charge in [0.2, 0.25) is 5.91 Å². The minimum atomic E-state index is -0.339. The zero-order valence-electron chi connectivity index (χ0n) is 5.78. The molecule has 58 valence electrons. The normalized spacial score (nSPS) is 29.4. The lowest BCUT2D eigenvalue weighted by Gasteiger charge is -2.32. The molecule has 4 heteroatoms. The molecule has 0 saturated carbocycles. The van der Waals surface area contributed by atoms with Crippen molar-refractivity contribution in [1.29, 1.82) is 0 Å². The third-order valence-corrected chi connectivity index (χ3v) is 2.76. The third-order valence-electron chi connectivity index (χ3n) is 1.81. The van der Waals surface area contributed by atoms with Gasteiger partial charge in [-0.2, -0.15) is 0 Å². The van der Waals surface area contributed by atoms with E-state index < -0.39 is 0 Å². The summed E-state index contributed by atoms with van der Waals surface area (Å²) in [5.74, 6) is -0.0524. The van der Waals surface area contributed by atoms with Crippen LogP contribution in [0.25, 0.3) is 0 Å². The molecule has 1 amide bonds. The molecule has 1 fully saturated rings. The average molecular weight is 168 g/mol. The van der Waals surface area contributed by atoms with Gasteiger partial charge in [-0.3, -0.25) is 4.79 Å². The zero-order chi connectivity index (χ0) is 7.84. The Balaban J connectivity index is 2.15. The molecule has 3 N–H and O–H groups in total. The van der Waals surface area contributed by atoms with E-state index in [-0.39, 0.29) is 18.0 Å². The van der Waals surface area contributed by atoms with Crippen LogP contribution in [0.4, 0.5) is 0 Å². The Bertz CT molecular complexity index is 270. The summed E-state index contributed by atoms with van der Waals surface area (Å²) >= 11 is 1.62. The summed E-state index contributed by atoms with van der Waals surface area (Å²) in [6, 6.07) is 3.65. The first kappa shape index (κ1) is 6.82. The van der Waals surface area contributed by atoms with E-state index in [4.69, 9.17) is 5.73 Å². The Morgan fingerprint density at radius 2 is 2.45 bits per heavy atom. The molecule has 2 rings (SSSR count). The summed E-state index contributed by atoms with van der Waals surface area (Å²) in [5, 5.41) is 4.72.